The first kappa shape index (κ1) is 12.9. The fraction of sp³-hybridized carbons (Fsp3) is 0.308. The predicted molar refractivity (Wildman–Crippen MR) is 71.9 cm³/mol. The van der Waals surface area contributed by atoms with Gasteiger partial charge in [0, 0.05) is 34.9 Å². The van der Waals surface area contributed by atoms with Gasteiger partial charge in [-0.15, -0.1) is 0 Å². The Kier molecular flexibility index (Phi) is 4.23. The van der Waals surface area contributed by atoms with E-state index in [1.54, 1.807) is 7.11 Å². The zero-order valence-corrected chi connectivity index (χ0v) is 11.2. The van der Waals surface area contributed by atoms with Crippen molar-refractivity contribution >= 4 is 11.6 Å². The lowest BCUT2D eigenvalue weighted by atomic mass is 10.2. The molecule has 4 nitrogen and oxygen atoms in total. The highest BCUT2D eigenvalue weighted by molar-refractivity contribution is 6.30. The van der Waals surface area contributed by atoms with Crippen molar-refractivity contribution in [3.8, 4) is 5.75 Å². The average molecular weight is 266 g/mol. The van der Waals surface area contributed by atoms with E-state index in [1.807, 2.05) is 31.3 Å². The van der Waals surface area contributed by atoms with Crippen LogP contribution in [0.5, 0.6) is 5.75 Å². The van der Waals surface area contributed by atoms with E-state index in [4.69, 9.17) is 16.3 Å². The van der Waals surface area contributed by atoms with Gasteiger partial charge in [-0.05, 0) is 25.1 Å². The minimum absolute atomic E-state index is 0.703. The van der Waals surface area contributed by atoms with E-state index < -0.39 is 0 Å². The van der Waals surface area contributed by atoms with Crippen molar-refractivity contribution in [2.75, 3.05) is 7.11 Å². The maximum absolute atomic E-state index is 5.98. The summed E-state index contributed by atoms with van der Waals surface area (Å²) >= 11 is 5.98. The van der Waals surface area contributed by atoms with Crippen LogP contribution in [0.4, 0.5) is 0 Å². The van der Waals surface area contributed by atoms with E-state index in [-0.39, 0.29) is 0 Å². The highest BCUT2D eigenvalue weighted by Gasteiger charge is 2.04. The molecule has 0 saturated carbocycles. The van der Waals surface area contributed by atoms with Crippen molar-refractivity contribution in [1.29, 1.82) is 0 Å². The number of rotatable bonds is 5. The molecule has 0 spiro atoms. The Balaban J connectivity index is 1.98. The summed E-state index contributed by atoms with van der Waals surface area (Å²) < 4.78 is 5.29. The van der Waals surface area contributed by atoms with Crippen molar-refractivity contribution < 1.29 is 4.74 Å². The minimum atomic E-state index is 0.703. The third-order valence-electron chi connectivity index (χ3n) is 2.81. The van der Waals surface area contributed by atoms with Gasteiger partial charge < -0.3 is 10.1 Å². The van der Waals surface area contributed by atoms with Gasteiger partial charge in [-0.3, -0.25) is 5.10 Å². The second kappa shape index (κ2) is 5.89. The molecule has 5 heteroatoms. The number of hydrogen-bond acceptors (Lipinski definition) is 3. The first-order chi connectivity index (χ1) is 8.70. The van der Waals surface area contributed by atoms with Crippen LogP contribution in [0.25, 0.3) is 0 Å². The van der Waals surface area contributed by atoms with Gasteiger partial charge in [0.2, 0.25) is 0 Å². The Morgan fingerprint density at radius 3 is 2.78 bits per heavy atom. The zero-order chi connectivity index (χ0) is 13.0. The molecular formula is C13H16ClN3O. The number of nitrogens with zero attached hydrogens (tertiary/aromatic N) is 1. The third kappa shape index (κ3) is 3.03. The molecule has 0 radical (unpaired) electrons. The van der Waals surface area contributed by atoms with E-state index in [9.17, 15) is 0 Å². The number of aryl methyl sites for hydroxylation is 1. The normalized spacial score (nSPS) is 10.6. The van der Waals surface area contributed by atoms with Crippen LogP contribution in [0.1, 0.15) is 16.8 Å². The molecule has 96 valence electrons. The van der Waals surface area contributed by atoms with Crippen LogP contribution >= 0.6 is 11.6 Å². The molecule has 0 aliphatic rings. The van der Waals surface area contributed by atoms with Crippen LogP contribution in [-0.2, 0) is 13.1 Å². The fourth-order valence-electron chi connectivity index (χ4n) is 1.77. The number of ether oxygens (including phenoxy) is 1. The van der Waals surface area contributed by atoms with Crippen molar-refractivity contribution in [2.24, 2.45) is 0 Å². The SMILES string of the molecule is COc1ccc(Cl)cc1CNCc1cn[nH]c1C. The Bertz CT molecular complexity index is 525. The van der Waals surface area contributed by atoms with Gasteiger partial charge in [-0.1, -0.05) is 11.6 Å². The van der Waals surface area contributed by atoms with Crippen molar-refractivity contribution in [3.63, 3.8) is 0 Å². The standard InChI is InChI=1S/C13H16ClN3O/c1-9-11(8-16-17-9)7-15-6-10-5-12(14)3-4-13(10)18-2/h3-5,8,15H,6-7H2,1-2H3,(H,16,17). The van der Waals surface area contributed by atoms with E-state index >= 15 is 0 Å². The van der Waals surface area contributed by atoms with Gasteiger partial charge in [0.25, 0.3) is 0 Å². The summed E-state index contributed by atoms with van der Waals surface area (Å²) in [5, 5.41) is 11.0. The maximum Gasteiger partial charge on any atom is 0.123 e. The van der Waals surface area contributed by atoms with Gasteiger partial charge >= 0.3 is 0 Å². The molecular weight excluding hydrogens is 250 g/mol. The second-order valence-electron chi connectivity index (χ2n) is 4.08. The van der Waals surface area contributed by atoms with Crippen LogP contribution < -0.4 is 10.1 Å². The maximum atomic E-state index is 5.98. The predicted octanol–water partition coefficient (Wildman–Crippen LogP) is 2.67. The summed E-state index contributed by atoms with van der Waals surface area (Å²) in [6.45, 7) is 3.47. The number of aromatic amines is 1. The average Bonchev–Trinajstić information content (AvgIpc) is 2.76. The number of hydrogen-bond donors (Lipinski definition) is 2. The Morgan fingerprint density at radius 1 is 1.33 bits per heavy atom. The summed E-state index contributed by atoms with van der Waals surface area (Å²) in [7, 11) is 1.66. The van der Waals surface area contributed by atoms with Crippen molar-refractivity contribution in [2.45, 2.75) is 20.0 Å². The molecule has 0 atom stereocenters. The molecule has 1 heterocycles. The fourth-order valence-corrected chi connectivity index (χ4v) is 1.97. The van der Waals surface area contributed by atoms with Gasteiger partial charge in [-0.25, -0.2) is 0 Å². The highest BCUT2D eigenvalue weighted by Crippen LogP contribution is 2.22. The minimum Gasteiger partial charge on any atom is -0.496 e. The molecule has 0 fully saturated rings. The topological polar surface area (TPSA) is 49.9 Å². The molecule has 0 amide bonds. The number of methoxy groups -OCH3 is 1. The Labute approximate surface area is 111 Å². The summed E-state index contributed by atoms with van der Waals surface area (Å²) in [4.78, 5) is 0. The van der Waals surface area contributed by atoms with Gasteiger partial charge in [0.1, 0.15) is 5.75 Å². The van der Waals surface area contributed by atoms with E-state index in [1.165, 1.54) is 0 Å². The summed E-state index contributed by atoms with van der Waals surface area (Å²) in [5.74, 6) is 0.843. The number of nitrogens with one attached hydrogen (secondary N) is 2. The molecule has 0 aliphatic carbocycles. The Hall–Kier alpha value is -1.52. The van der Waals surface area contributed by atoms with Crippen LogP contribution in [0.15, 0.2) is 24.4 Å². The monoisotopic (exact) mass is 265 g/mol. The molecule has 1 aromatic carbocycles. The number of halogens is 1. The molecule has 2 N–H and O–H groups in total. The number of H-pyrrole nitrogens is 1. The first-order valence-electron chi connectivity index (χ1n) is 5.72. The number of aromatic nitrogens is 2. The summed E-state index contributed by atoms with van der Waals surface area (Å²) in [6.07, 6.45) is 1.83. The molecule has 0 unspecified atom stereocenters. The smallest absolute Gasteiger partial charge is 0.123 e. The molecule has 1 aromatic heterocycles. The van der Waals surface area contributed by atoms with Crippen molar-refractivity contribution in [1.82, 2.24) is 15.5 Å². The van der Waals surface area contributed by atoms with Crippen LogP contribution in [0.2, 0.25) is 5.02 Å². The molecule has 0 saturated heterocycles. The Morgan fingerprint density at radius 2 is 2.11 bits per heavy atom. The molecule has 18 heavy (non-hydrogen) atoms. The van der Waals surface area contributed by atoms with Gasteiger partial charge in [0.15, 0.2) is 0 Å². The van der Waals surface area contributed by atoms with Gasteiger partial charge in [0.05, 0.1) is 13.3 Å². The van der Waals surface area contributed by atoms with E-state index in [2.05, 4.69) is 15.5 Å². The summed E-state index contributed by atoms with van der Waals surface area (Å²) in [6, 6.07) is 5.61. The first-order valence-corrected chi connectivity index (χ1v) is 6.10. The largest absolute Gasteiger partial charge is 0.496 e. The molecule has 2 aromatic rings. The lowest BCUT2D eigenvalue weighted by Crippen LogP contribution is -2.13. The van der Waals surface area contributed by atoms with E-state index in [0.717, 1.165) is 29.1 Å². The van der Waals surface area contributed by atoms with Crippen molar-refractivity contribution in [3.05, 3.63) is 46.2 Å². The van der Waals surface area contributed by atoms with Crippen LogP contribution in [0.3, 0.4) is 0 Å². The molecule has 0 bridgehead atoms. The van der Waals surface area contributed by atoms with E-state index in [0.29, 0.717) is 11.6 Å². The quantitative estimate of drug-likeness (QED) is 0.874. The number of benzene rings is 1. The van der Waals surface area contributed by atoms with Gasteiger partial charge in [-0.2, -0.15) is 5.10 Å². The highest BCUT2D eigenvalue weighted by atomic mass is 35.5. The lowest BCUT2D eigenvalue weighted by Gasteiger charge is -2.10. The lowest BCUT2D eigenvalue weighted by molar-refractivity contribution is 0.407. The summed E-state index contributed by atoms with van der Waals surface area (Å²) in [5.41, 5.74) is 3.29. The molecule has 0 aliphatic heterocycles. The third-order valence-corrected chi connectivity index (χ3v) is 3.04. The molecule has 2 rings (SSSR count). The second-order valence-corrected chi connectivity index (χ2v) is 4.52. The van der Waals surface area contributed by atoms with Crippen LogP contribution in [0, 0.1) is 6.92 Å². The van der Waals surface area contributed by atoms with Crippen LogP contribution in [-0.4, -0.2) is 17.3 Å². The zero-order valence-electron chi connectivity index (χ0n) is 10.5.